The molecule has 1 heterocycles. The number of benzene rings is 2. The van der Waals surface area contributed by atoms with E-state index in [-0.39, 0.29) is 24.9 Å². The van der Waals surface area contributed by atoms with E-state index in [1.54, 1.807) is 16.8 Å². The van der Waals surface area contributed by atoms with Crippen molar-refractivity contribution in [2.24, 2.45) is 0 Å². The van der Waals surface area contributed by atoms with Gasteiger partial charge in [0.1, 0.15) is 12.4 Å². The number of amides is 1. The first-order valence-electron chi connectivity index (χ1n) is 8.90. The number of aromatic nitrogens is 2. The van der Waals surface area contributed by atoms with Crippen LogP contribution in [0, 0.1) is 12.7 Å². The maximum absolute atomic E-state index is 13.3. The second kappa shape index (κ2) is 9.52. The van der Waals surface area contributed by atoms with Crippen molar-refractivity contribution in [2.75, 3.05) is 0 Å². The molecule has 146 valence electrons. The first-order chi connectivity index (χ1) is 13.5. The molecule has 0 aliphatic carbocycles. The number of aryl methyl sites for hydroxylation is 1. The molecule has 0 aliphatic rings. The zero-order chi connectivity index (χ0) is 19.9. The van der Waals surface area contributed by atoms with Crippen molar-refractivity contribution < 1.29 is 14.3 Å². The summed E-state index contributed by atoms with van der Waals surface area (Å²) in [5.41, 5.74) is 3.58. The average Bonchev–Trinajstić information content (AvgIpc) is 3.07. The number of hydrogen-bond acceptors (Lipinski definition) is 4. The van der Waals surface area contributed by atoms with Crippen molar-refractivity contribution in [2.45, 2.75) is 37.5 Å². The van der Waals surface area contributed by atoms with Crippen molar-refractivity contribution in [1.29, 1.82) is 0 Å². The third-order valence-electron chi connectivity index (χ3n) is 4.23. The van der Waals surface area contributed by atoms with Crippen molar-refractivity contribution >= 4 is 17.7 Å². The van der Waals surface area contributed by atoms with Crippen LogP contribution >= 0.6 is 11.8 Å². The molecule has 2 aromatic carbocycles. The maximum atomic E-state index is 13.3. The summed E-state index contributed by atoms with van der Waals surface area (Å²) in [6, 6.07) is 14.3. The second-order valence-electron chi connectivity index (χ2n) is 6.46. The molecule has 0 unspecified atom stereocenters. The highest BCUT2D eigenvalue weighted by Crippen LogP contribution is 2.23. The standard InChI is InChI=1S/C21H22FN3O2S/c1-15-5-7-16(8-6-15)10-23-20(27)12-25-19(13-26)11-24-21(25)28-14-17-3-2-4-18(22)9-17/h2-9,11,26H,10,12-14H2,1H3,(H,23,27). The number of halogens is 1. The molecule has 7 heteroatoms. The number of rotatable bonds is 8. The van der Waals surface area contributed by atoms with Gasteiger partial charge in [-0.15, -0.1) is 0 Å². The van der Waals surface area contributed by atoms with Gasteiger partial charge in [0.2, 0.25) is 5.91 Å². The van der Waals surface area contributed by atoms with Crippen LogP contribution in [-0.4, -0.2) is 20.6 Å². The summed E-state index contributed by atoms with van der Waals surface area (Å²) in [4.78, 5) is 16.7. The van der Waals surface area contributed by atoms with Gasteiger partial charge in [0, 0.05) is 12.3 Å². The summed E-state index contributed by atoms with van der Waals surface area (Å²) in [6.07, 6.45) is 1.56. The smallest absolute Gasteiger partial charge is 0.240 e. The van der Waals surface area contributed by atoms with E-state index in [0.29, 0.717) is 23.1 Å². The predicted octanol–water partition coefficient (Wildman–Crippen LogP) is 3.43. The van der Waals surface area contributed by atoms with Gasteiger partial charge >= 0.3 is 0 Å². The fourth-order valence-electron chi connectivity index (χ4n) is 2.68. The third kappa shape index (κ3) is 5.43. The molecule has 0 spiro atoms. The Bertz CT molecular complexity index is 941. The van der Waals surface area contributed by atoms with Gasteiger partial charge in [0.25, 0.3) is 0 Å². The summed E-state index contributed by atoms with van der Waals surface area (Å²) >= 11 is 1.40. The minimum atomic E-state index is -0.284. The van der Waals surface area contributed by atoms with Gasteiger partial charge < -0.3 is 15.0 Å². The summed E-state index contributed by atoms with van der Waals surface area (Å²) in [5, 5.41) is 13.0. The zero-order valence-corrected chi connectivity index (χ0v) is 16.4. The highest BCUT2D eigenvalue weighted by molar-refractivity contribution is 7.98. The Balaban J connectivity index is 1.62. The van der Waals surface area contributed by atoms with Crippen molar-refractivity contribution in [3.63, 3.8) is 0 Å². The Morgan fingerprint density at radius 2 is 2.00 bits per heavy atom. The van der Waals surface area contributed by atoms with E-state index in [9.17, 15) is 14.3 Å². The number of carbonyl (C=O) groups is 1. The molecule has 5 nitrogen and oxygen atoms in total. The molecule has 0 bridgehead atoms. The van der Waals surface area contributed by atoms with Crippen LogP contribution in [0.3, 0.4) is 0 Å². The number of aliphatic hydroxyl groups is 1. The minimum absolute atomic E-state index is 0.0627. The van der Waals surface area contributed by atoms with Crippen LogP contribution < -0.4 is 5.32 Å². The summed E-state index contributed by atoms with van der Waals surface area (Å²) < 4.78 is 15.0. The number of hydrogen-bond donors (Lipinski definition) is 2. The molecular formula is C21H22FN3O2S. The number of thioether (sulfide) groups is 1. The molecule has 0 radical (unpaired) electrons. The zero-order valence-electron chi connectivity index (χ0n) is 15.6. The van der Waals surface area contributed by atoms with Crippen LogP contribution in [0.15, 0.2) is 59.9 Å². The number of aliphatic hydroxyl groups excluding tert-OH is 1. The largest absolute Gasteiger partial charge is 0.390 e. The van der Waals surface area contributed by atoms with E-state index >= 15 is 0 Å². The Hall–Kier alpha value is -2.64. The average molecular weight is 399 g/mol. The fourth-order valence-corrected chi connectivity index (χ4v) is 3.62. The lowest BCUT2D eigenvalue weighted by Crippen LogP contribution is -2.28. The molecule has 3 rings (SSSR count). The Kier molecular flexibility index (Phi) is 6.84. The van der Waals surface area contributed by atoms with Crippen molar-refractivity contribution in [3.05, 3.63) is 82.9 Å². The van der Waals surface area contributed by atoms with Gasteiger partial charge in [-0.05, 0) is 30.2 Å². The van der Waals surface area contributed by atoms with Crippen LogP contribution in [0.1, 0.15) is 22.4 Å². The van der Waals surface area contributed by atoms with Crippen LogP contribution in [0.2, 0.25) is 0 Å². The molecule has 0 aliphatic heterocycles. The van der Waals surface area contributed by atoms with E-state index in [1.165, 1.54) is 29.5 Å². The van der Waals surface area contributed by atoms with E-state index in [0.717, 1.165) is 11.1 Å². The summed E-state index contributed by atoms with van der Waals surface area (Å²) in [6.45, 7) is 2.31. The highest BCUT2D eigenvalue weighted by atomic mass is 32.2. The molecule has 0 atom stereocenters. The molecule has 1 aromatic heterocycles. The molecule has 28 heavy (non-hydrogen) atoms. The Morgan fingerprint density at radius 3 is 2.71 bits per heavy atom. The SMILES string of the molecule is Cc1ccc(CNC(=O)Cn2c(CO)cnc2SCc2cccc(F)c2)cc1. The minimum Gasteiger partial charge on any atom is -0.390 e. The predicted molar refractivity (Wildman–Crippen MR) is 107 cm³/mol. The molecular weight excluding hydrogens is 377 g/mol. The molecule has 3 aromatic rings. The molecule has 0 saturated carbocycles. The molecule has 1 amide bonds. The lowest BCUT2D eigenvalue weighted by atomic mass is 10.1. The second-order valence-corrected chi connectivity index (χ2v) is 7.40. The highest BCUT2D eigenvalue weighted by Gasteiger charge is 2.14. The number of nitrogens with one attached hydrogen (secondary N) is 1. The van der Waals surface area contributed by atoms with Crippen LogP contribution in [0.5, 0.6) is 0 Å². The van der Waals surface area contributed by atoms with Gasteiger partial charge in [-0.25, -0.2) is 9.37 Å². The molecule has 2 N–H and O–H groups in total. The van der Waals surface area contributed by atoms with E-state index in [4.69, 9.17) is 0 Å². The monoisotopic (exact) mass is 399 g/mol. The normalized spacial score (nSPS) is 10.8. The van der Waals surface area contributed by atoms with Gasteiger partial charge in [0.15, 0.2) is 5.16 Å². The van der Waals surface area contributed by atoms with E-state index < -0.39 is 0 Å². The Morgan fingerprint density at radius 1 is 1.21 bits per heavy atom. The van der Waals surface area contributed by atoms with E-state index in [1.807, 2.05) is 37.3 Å². The van der Waals surface area contributed by atoms with Gasteiger partial charge in [-0.3, -0.25) is 4.79 Å². The van der Waals surface area contributed by atoms with Crippen molar-refractivity contribution in [1.82, 2.24) is 14.9 Å². The lowest BCUT2D eigenvalue weighted by molar-refractivity contribution is -0.122. The lowest BCUT2D eigenvalue weighted by Gasteiger charge is -2.11. The van der Waals surface area contributed by atoms with Gasteiger partial charge in [0.05, 0.1) is 18.5 Å². The van der Waals surface area contributed by atoms with Gasteiger partial charge in [-0.1, -0.05) is 53.7 Å². The maximum Gasteiger partial charge on any atom is 0.240 e. The fraction of sp³-hybridized carbons (Fsp3) is 0.238. The van der Waals surface area contributed by atoms with Crippen molar-refractivity contribution in [3.8, 4) is 0 Å². The summed E-state index contributed by atoms with van der Waals surface area (Å²) in [5.74, 6) is 0.0683. The van der Waals surface area contributed by atoms with Gasteiger partial charge in [-0.2, -0.15) is 0 Å². The summed E-state index contributed by atoms with van der Waals surface area (Å²) in [7, 11) is 0. The molecule has 0 saturated heterocycles. The third-order valence-corrected chi connectivity index (χ3v) is 5.29. The molecule has 0 fully saturated rings. The van der Waals surface area contributed by atoms with Crippen LogP contribution in [0.4, 0.5) is 4.39 Å². The van der Waals surface area contributed by atoms with Crippen LogP contribution in [0.25, 0.3) is 0 Å². The number of imidazole rings is 1. The topological polar surface area (TPSA) is 67.2 Å². The Labute approximate surface area is 167 Å². The van der Waals surface area contributed by atoms with Crippen LogP contribution in [-0.2, 0) is 30.2 Å². The number of nitrogens with zero attached hydrogens (tertiary/aromatic N) is 2. The van der Waals surface area contributed by atoms with E-state index in [2.05, 4.69) is 10.3 Å². The first-order valence-corrected chi connectivity index (χ1v) is 9.88. The number of carbonyl (C=O) groups excluding carboxylic acids is 1. The quantitative estimate of drug-likeness (QED) is 0.570. The first kappa shape index (κ1) is 20.1.